The minimum absolute atomic E-state index is 0. The van der Waals surface area contributed by atoms with Gasteiger partial charge in [-0.2, -0.15) is 5.10 Å². The summed E-state index contributed by atoms with van der Waals surface area (Å²) < 4.78 is 1.80. The van der Waals surface area contributed by atoms with Crippen molar-refractivity contribution in [1.82, 2.24) is 20.4 Å². The molecule has 6 heteroatoms. The zero-order valence-corrected chi connectivity index (χ0v) is 14.1. The summed E-state index contributed by atoms with van der Waals surface area (Å²) in [4.78, 5) is 12.2. The number of hydrogen-bond donors (Lipinski definition) is 2. The van der Waals surface area contributed by atoms with Crippen LogP contribution in [-0.2, 0) is 11.2 Å². The lowest BCUT2D eigenvalue weighted by Crippen LogP contribution is -2.48. The third kappa shape index (κ3) is 4.56. The summed E-state index contributed by atoms with van der Waals surface area (Å²) in [6, 6.07) is 10.2. The smallest absolute Gasteiger partial charge is 0.224 e. The van der Waals surface area contributed by atoms with Crippen LogP contribution in [0.5, 0.6) is 0 Å². The molecule has 2 atom stereocenters. The van der Waals surface area contributed by atoms with Crippen molar-refractivity contribution in [3.05, 3.63) is 48.3 Å². The number of para-hydroxylation sites is 1. The first-order chi connectivity index (χ1) is 10.7. The Hall–Kier alpha value is -1.85. The van der Waals surface area contributed by atoms with Crippen LogP contribution in [0.1, 0.15) is 18.9 Å². The molecule has 1 aromatic heterocycles. The molecule has 1 aliphatic heterocycles. The van der Waals surface area contributed by atoms with Gasteiger partial charge in [-0.15, -0.1) is 12.4 Å². The molecular formula is C17H23ClN4O. The number of amides is 1. The van der Waals surface area contributed by atoms with Crippen LogP contribution in [0, 0.1) is 5.92 Å². The molecule has 2 N–H and O–H groups in total. The fourth-order valence-electron chi connectivity index (χ4n) is 2.85. The lowest BCUT2D eigenvalue weighted by atomic mass is 9.95. The van der Waals surface area contributed by atoms with E-state index >= 15 is 0 Å². The van der Waals surface area contributed by atoms with E-state index in [0.717, 1.165) is 30.8 Å². The Bertz CT molecular complexity index is 629. The molecule has 0 spiro atoms. The van der Waals surface area contributed by atoms with Crippen LogP contribution in [0.2, 0.25) is 0 Å². The fourth-order valence-corrected chi connectivity index (χ4v) is 2.85. The molecule has 124 valence electrons. The summed E-state index contributed by atoms with van der Waals surface area (Å²) in [5, 5.41) is 10.8. The van der Waals surface area contributed by atoms with E-state index in [9.17, 15) is 4.79 Å². The highest BCUT2D eigenvalue weighted by molar-refractivity contribution is 5.85. The van der Waals surface area contributed by atoms with Crippen molar-refractivity contribution < 1.29 is 4.79 Å². The zero-order valence-electron chi connectivity index (χ0n) is 13.2. The Morgan fingerprint density at radius 1 is 1.39 bits per heavy atom. The molecular weight excluding hydrogens is 312 g/mol. The van der Waals surface area contributed by atoms with Crippen LogP contribution in [0.3, 0.4) is 0 Å². The number of carbonyl (C=O) groups excluding carboxylic acids is 1. The topological polar surface area (TPSA) is 58.9 Å². The predicted octanol–water partition coefficient (Wildman–Crippen LogP) is 1.95. The predicted molar refractivity (Wildman–Crippen MR) is 93.1 cm³/mol. The van der Waals surface area contributed by atoms with E-state index in [1.165, 1.54) is 0 Å². The van der Waals surface area contributed by atoms with Gasteiger partial charge in [0.25, 0.3) is 0 Å². The van der Waals surface area contributed by atoms with Crippen molar-refractivity contribution >= 4 is 18.3 Å². The number of hydrogen-bond acceptors (Lipinski definition) is 3. The number of nitrogens with one attached hydrogen (secondary N) is 2. The summed E-state index contributed by atoms with van der Waals surface area (Å²) in [6.45, 7) is 4.11. The molecule has 0 bridgehead atoms. The number of rotatable bonds is 4. The second-order valence-electron chi connectivity index (χ2n) is 5.95. The first-order valence-corrected chi connectivity index (χ1v) is 7.81. The molecule has 1 amide bonds. The lowest BCUT2D eigenvalue weighted by molar-refractivity contribution is -0.121. The molecule has 23 heavy (non-hydrogen) atoms. The zero-order chi connectivity index (χ0) is 15.4. The average Bonchev–Trinajstić information content (AvgIpc) is 2.99. The molecule has 1 aromatic carbocycles. The maximum atomic E-state index is 12.2. The highest BCUT2D eigenvalue weighted by Crippen LogP contribution is 2.11. The Morgan fingerprint density at radius 2 is 2.17 bits per heavy atom. The van der Waals surface area contributed by atoms with Gasteiger partial charge in [-0.1, -0.05) is 25.1 Å². The quantitative estimate of drug-likeness (QED) is 0.898. The van der Waals surface area contributed by atoms with Gasteiger partial charge in [0.2, 0.25) is 5.91 Å². The van der Waals surface area contributed by atoms with E-state index in [2.05, 4.69) is 22.7 Å². The molecule has 0 saturated carbocycles. The summed E-state index contributed by atoms with van der Waals surface area (Å²) >= 11 is 0. The van der Waals surface area contributed by atoms with Crippen LogP contribution < -0.4 is 10.6 Å². The summed E-state index contributed by atoms with van der Waals surface area (Å²) in [5.74, 6) is 0.552. The standard InChI is InChI=1S/C17H22N4O.ClH/c1-13-10-18-8-7-16(13)20-17(22)9-14-11-19-21(12-14)15-5-3-2-4-6-15;/h2-6,11-13,16,18H,7-10H2,1H3,(H,20,22);1H. The van der Waals surface area contributed by atoms with Crippen molar-refractivity contribution in [2.24, 2.45) is 5.92 Å². The summed E-state index contributed by atoms with van der Waals surface area (Å²) in [7, 11) is 0. The number of aromatic nitrogens is 2. The van der Waals surface area contributed by atoms with Crippen molar-refractivity contribution in [2.75, 3.05) is 13.1 Å². The van der Waals surface area contributed by atoms with Gasteiger partial charge in [-0.05, 0) is 43.1 Å². The number of benzene rings is 1. The largest absolute Gasteiger partial charge is 0.353 e. The number of carbonyl (C=O) groups is 1. The maximum absolute atomic E-state index is 12.2. The van der Waals surface area contributed by atoms with E-state index in [1.807, 2.05) is 36.5 Å². The number of piperidine rings is 1. The van der Waals surface area contributed by atoms with E-state index in [4.69, 9.17) is 0 Å². The monoisotopic (exact) mass is 334 g/mol. The summed E-state index contributed by atoms with van der Waals surface area (Å²) in [6.07, 6.45) is 5.05. The van der Waals surface area contributed by atoms with Crippen LogP contribution in [-0.4, -0.2) is 34.8 Å². The number of nitrogens with zero attached hydrogens (tertiary/aromatic N) is 2. The molecule has 0 aliphatic carbocycles. The molecule has 3 rings (SSSR count). The van der Waals surface area contributed by atoms with Gasteiger partial charge in [-0.25, -0.2) is 4.68 Å². The molecule has 1 aliphatic rings. The molecule has 2 heterocycles. The molecule has 2 unspecified atom stereocenters. The Kier molecular flexibility index (Phi) is 6.19. The Balaban J connectivity index is 0.00000192. The molecule has 1 fully saturated rings. The van der Waals surface area contributed by atoms with Gasteiger partial charge in [0, 0.05) is 12.2 Å². The average molecular weight is 335 g/mol. The normalized spacial score (nSPS) is 20.6. The van der Waals surface area contributed by atoms with Crippen molar-refractivity contribution in [3.8, 4) is 5.69 Å². The van der Waals surface area contributed by atoms with E-state index in [-0.39, 0.29) is 24.4 Å². The highest BCUT2D eigenvalue weighted by Gasteiger charge is 2.22. The molecule has 0 radical (unpaired) electrons. The molecule has 2 aromatic rings. The van der Waals surface area contributed by atoms with Crippen molar-refractivity contribution in [2.45, 2.75) is 25.8 Å². The van der Waals surface area contributed by atoms with Crippen molar-refractivity contribution in [3.63, 3.8) is 0 Å². The third-order valence-electron chi connectivity index (χ3n) is 4.15. The van der Waals surface area contributed by atoms with E-state index in [1.54, 1.807) is 10.9 Å². The van der Waals surface area contributed by atoms with Crippen LogP contribution in [0.25, 0.3) is 5.69 Å². The van der Waals surface area contributed by atoms with Crippen LogP contribution in [0.15, 0.2) is 42.7 Å². The van der Waals surface area contributed by atoms with Crippen LogP contribution in [0.4, 0.5) is 0 Å². The van der Waals surface area contributed by atoms with Gasteiger partial charge in [0.05, 0.1) is 18.3 Å². The Morgan fingerprint density at radius 3 is 2.91 bits per heavy atom. The number of halogens is 1. The minimum atomic E-state index is 0. The second-order valence-corrected chi connectivity index (χ2v) is 5.95. The summed E-state index contributed by atoms with van der Waals surface area (Å²) in [5.41, 5.74) is 1.93. The lowest BCUT2D eigenvalue weighted by Gasteiger charge is -2.30. The second kappa shape index (κ2) is 8.13. The third-order valence-corrected chi connectivity index (χ3v) is 4.15. The maximum Gasteiger partial charge on any atom is 0.224 e. The van der Waals surface area contributed by atoms with Crippen LogP contribution >= 0.6 is 12.4 Å². The first kappa shape index (κ1) is 17.5. The van der Waals surface area contributed by atoms with Crippen molar-refractivity contribution in [1.29, 1.82) is 0 Å². The van der Waals surface area contributed by atoms with Gasteiger partial charge in [0.1, 0.15) is 0 Å². The van der Waals surface area contributed by atoms with Gasteiger partial charge in [-0.3, -0.25) is 4.79 Å². The molecule has 1 saturated heterocycles. The highest BCUT2D eigenvalue weighted by atomic mass is 35.5. The van der Waals surface area contributed by atoms with Gasteiger partial charge >= 0.3 is 0 Å². The SMILES string of the molecule is CC1CNCCC1NC(=O)Cc1cnn(-c2ccccc2)c1.Cl. The van der Waals surface area contributed by atoms with Gasteiger partial charge < -0.3 is 10.6 Å². The van der Waals surface area contributed by atoms with Gasteiger partial charge in [0.15, 0.2) is 0 Å². The van der Waals surface area contributed by atoms with E-state index in [0.29, 0.717) is 12.3 Å². The minimum Gasteiger partial charge on any atom is -0.353 e. The fraction of sp³-hybridized carbons (Fsp3) is 0.412. The van der Waals surface area contributed by atoms with E-state index < -0.39 is 0 Å². The first-order valence-electron chi connectivity index (χ1n) is 7.81. The molecule has 5 nitrogen and oxygen atoms in total. The Labute approximate surface area is 142 Å².